The van der Waals surface area contributed by atoms with Crippen LogP contribution in [0.1, 0.15) is 39.5 Å². The average molecular weight is 340 g/mol. The number of fused-ring (bicyclic) bond motifs is 1. The molecule has 0 saturated heterocycles. The Labute approximate surface area is 128 Å². The maximum atomic E-state index is 12.1. The van der Waals surface area contributed by atoms with Crippen molar-refractivity contribution in [3.8, 4) is 0 Å². The van der Waals surface area contributed by atoms with Crippen LogP contribution in [0, 0.1) is 5.41 Å². The van der Waals surface area contributed by atoms with Crippen LogP contribution in [0.3, 0.4) is 0 Å². The molecule has 3 nitrogen and oxygen atoms in total. The quantitative estimate of drug-likeness (QED) is 0.692. The smallest absolute Gasteiger partial charge is 0.408 e. The fraction of sp³-hybridized carbons (Fsp3) is 0.562. The molecule has 0 aliphatic rings. The third-order valence-electron chi connectivity index (χ3n) is 3.91. The summed E-state index contributed by atoms with van der Waals surface area (Å²) in [6, 6.07) is 7.65. The number of para-hydroxylation sites is 2. The predicted molar refractivity (Wildman–Crippen MR) is 86.5 cm³/mol. The standard InChI is InChI=1S/C16H22BrNO2/c1-3-9-16(11-17,10-4-2)12-18-13-7-5-6-8-14(13)20-15(18)19/h5-8H,3-4,9-12H2,1-2H3. The summed E-state index contributed by atoms with van der Waals surface area (Å²) in [7, 11) is 0. The molecule has 0 fully saturated rings. The van der Waals surface area contributed by atoms with E-state index in [2.05, 4.69) is 29.8 Å². The third kappa shape index (κ3) is 3.00. The van der Waals surface area contributed by atoms with Crippen molar-refractivity contribution < 1.29 is 4.42 Å². The van der Waals surface area contributed by atoms with Gasteiger partial charge >= 0.3 is 5.76 Å². The van der Waals surface area contributed by atoms with Crippen molar-refractivity contribution in [3.05, 3.63) is 34.8 Å². The highest BCUT2D eigenvalue weighted by Gasteiger charge is 2.29. The summed E-state index contributed by atoms with van der Waals surface area (Å²) in [4.78, 5) is 12.1. The Balaban J connectivity index is 2.42. The van der Waals surface area contributed by atoms with E-state index in [1.54, 1.807) is 4.57 Å². The number of hydrogen-bond acceptors (Lipinski definition) is 2. The second kappa shape index (κ2) is 6.61. The van der Waals surface area contributed by atoms with Gasteiger partial charge in [-0.15, -0.1) is 0 Å². The molecule has 1 aromatic carbocycles. The Bertz CT molecular complexity index is 608. The third-order valence-corrected chi connectivity index (χ3v) is 5.10. The van der Waals surface area contributed by atoms with Crippen LogP contribution in [-0.4, -0.2) is 9.90 Å². The fourth-order valence-corrected chi connectivity index (χ4v) is 3.76. The van der Waals surface area contributed by atoms with Gasteiger partial charge in [-0.3, -0.25) is 4.57 Å². The van der Waals surface area contributed by atoms with E-state index in [1.807, 2.05) is 24.3 Å². The number of hydrogen-bond donors (Lipinski definition) is 0. The van der Waals surface area contributed by atoms with Gasteiger partial charge in [-0.25, -0.2) is 4.79 Å². The highest BCUT2D eigenvalue weighted by atomic mass is 79.9. The topological polar surface area (TPSA) is 35.1 Å². The lowest BCUT2D eigenvalue weighted by atomic mass is 9.81. The molecule has 110 valence electrons. The van der Waals surface area contributed by atoms with Gasteiger partial charge in [0.1, 0.15) is 0 Å². The lowest BCUT2D eigenvalue weighted by Crippen LogP contribution is -2.32. The van der Waals surface area contributed by atoms with Crippen LogP contribution in [-0.2, 0) is 6.54 Å². The molecule has 1 aromatic heterocycles. The van der Waals surface area contributed by atoms with Crippen molar-refractivity contribution in [2.75, 3.05) is 5.33 Å². The average Bonchev–Trinajstić information content (AvgIpc) is 2.75. The molecule has 0 amide bonds. The van der Waals surface area contributed by atoms with Crippen LogP contribution in [0.4, 0.5) is 0 Å². The molecule has 2 aromatic rings. The zero-order valence-electron chi connectivity index (χ0n) is 12.2. The molecule has 0 atom stereocenters. The monoisotopic (exact) mass is 339 g/mol. The van der Waals surface area contributed by atoms with Crippen LogP contribution in [0.15, 0.2) is 33.5 Å². The summed E-state index contributed by atoms with van der Waals surface area (Å²) < 4.78 is 7.13. The fourth-order valence-electron chi connectivity index (χ4n) is 3.02. The van der Waals surface area contributed by atoms with E-state index < -0.39 is 0 Å². The largest absolute Gasteiger partial charge is 0.419 e. The lowest BCUT2D eigenvalue weighted by Gasteiger charge is -2.31. The van der Waals surface area contributed by atoms with Gasteiger partial charge in [0.15, 0.2) is 5.58 Å². The van der Waals surface area contributed by atoms with Gasteiger partial charge in [0.2, 0.25) is 0 Å². The molecule has 0 aliphatic carbocycles. The molecular formula is C16H22BrNO2. The highest BCUT2D eigenvalue weighted by molar-refractivity contribution is 9.09. The first-order valence-corrected chi connectivity index (χ1v) is 8.42. The normalized spacial score (nSPS) is 12.2. The van der Waals surface area contributed by atoms with Gasteiger partial charge in [-0.05, 0) is 30.4 Å². The Morgan fingerprint density at radius 3 is 2.45 bits per heavy atom. The minimum absolute atomic E-state index is 0.125. The molecule has 0 N–H and O–H groups in total. The predicted octanol–water partition coefficient (Wildman–Crippen LogP) is 4.58. The second-order valence-electron chi connectivity index (χ2n) is 5.56. The first-order chi connectivity index (χ1) is 9.65. The molecule has 0 radical (unpaired) electrons. The van der Waals surface area contributed by atoms with Crippen molar-refractivity contribution >= 4 is 27.0 Å². The van der Waals surface area contributed by atoms with Crippen molar-refractivity contribution in [2.45, 2.75) is 46.1 Å². The number of alkyl halides is 1. The van der Waals surface area contributed by atoms with E-state index in [4.69, 9.17) is 4.42 Å². The van der Waals surface area contributed by atoms with E-state index in [9.17, 15) is 4.79 Å². The minimum Gasteiger partial charge on any atom is -0.408 e. The number of halogens is 1. The molecule has 1 heterocycles. The van der Waals surface area contributed by atoms with Crippen molar-refractivity contribution in [1.82, 2.24) is 4.57 Å². The number of nitrogens with zero attached hydrogens (tertiary/aromatic N) is 1. The zero-order valence-corrected chi connectivity index (χ0v) is 13.8. The second-order valence-corrected chi connectivity index (χ2v) is 6.12. The van der Waals surface area contributed by atoms with Crippen LogP contribution in [0.5, 0.6) is 0 Å². The minimum atomic E-state index is -0.247. The summed E-state index contributed by atoms with van der Waals surface area (Å²) in [6.45, 7) is 5.11. The van der Waals surface area contributed by atoms with Crippen molar-refractivity contribution in [2.24, 2.45) is 5.41 Å². The van der Waals surface area contributed by atoms with Gasteiger partial charge in [0.25, 0.3) is 0 Å². The maximum Gasteiger partial charge on any atom is 0.419 e. The molecule has 0 spiro atoms. The van der Waals surface area contributed by atoms with E-state index in [-0.39, 0.29) is 11.2 Å². The van der Waals surface area contributed by atoms with Gasteiger partial charge in [0.05, 0.1) is 5.52 Å². The van der Waals surface area contributed by atoms with Crippen molar-refractivity contribution in [1.29, 1.82) is 0 Å². The van der Waals surface area contributed by atoms with Gasteiger partial charge in [0, 0.05) is 11.9 Å². The summed E-state index contributed by atoms with van der Waals surface area (Å²) in [5.74, 6) is -0.247. The number of oxazole rings is 1. The SMILES string of the molecule is CCCC(CBr)(CCC)Cn1c(=O)oc2ccccc21. The number of benzene rings is 1. The summed E-state index contributed by atoms with van der Waals surface area (Å²) >= 11 is 3.66. The molecule has 20 heavy (non-hydrogen) atoms. The van der Waals surface area contributed by atoms with E-state index in [0.717, 1.165) is 43.1 Å². The first-order valence-electron chi connectivity index (χ1n) is 7.30. The maximum absolute atomic E-state index is 12.1. The Hall–Kier alpha value is -1.03. The van der Waals surface area contributed by atoms with Crippen molar-refractivity contribution in [3.63, 3.8) is 0 Å². The summed E-state index contributed by atoms with van der Waals surface area (Å²) in [5, 5.41) is 0.910. The van der Waals surface area contributed by atoms with Crippen LogP contribution in [0.2, 0.25) is 0 Å². The van der Waals surface area contributed by atoms with Crippen LogP contribution < -0.4 is 5.76 Å². The molecule has 0 saturated carbocycles. The number of rotatable bonds is 7. The highest BCUT2D eigenvalue weighted by Crippen LogP contribution is 2.34. The Morgan fingerprint density at radius 1 is 1.20 bits per heavy atom. The Kier molecular flexibility index (Phi) is 5.08. The molecule has 4 heteroatoms. The molecule has 0 unspecified atom stereocenters. The van der Waals surface area contributed by atoms with E-state index in [0.29, 0.717) is 5.58 Å². The Morgan fingerprint density at radius 2 is 1.85 bits per heavy atom. The molecular weight excluding hydrogens is 318 g/mol. The lowest BCUT2D eigenvalue weighted by molar-refractivity contribution is 0.228. The summed E-state index contributed by atoms with van der Waals surface area (Å²) in [6.07, 6.45) is 4.46. The van der Waals surface area contributed by atoms with Crippen LogP contribution >= 0.6 is 15.9 Å². The van der Waals surface area contributed by atoms with Gasteiger partial charge < -0.3 is 4.42 Å². The van der Waals surface area contributed by atoms with E-state index >= 15 is 0 Å². The van der Waals surface area contributed by atoms with Gasteiger partial charge in [-0.1, -0.05) is 54.8 Å². The first kappa shape index (κ1) is 15.4. The van der Waals surface area contributed by atoms with Gasteiger partial charge in [-0.2, -0.15) is 0 Å². The van der Waals surface area contributed by atoms with E-state index in [1.165, 1.54) is 0 Å². The molecule has 2 rings (SSSR count). The number of aromatic nitrogens is 1. The molecule has 0 bridgehead atoms. The van der Waals surface area contributed by atoms with Crippen LogP contribution in [0.25, 0.3) is 11.1 Å². The zero-order chi connectivity index (χ0) is 14.6. The molecule has 0 aliphatic heterocycles. The summed E-state index contributed by atoms with van der Waals surface area (Å²) in [5.41, 5.74) is 1.70.